The summed E-state index contributed by atoms with van der Waals surface area (Å²) in [6, 6.07) is 61.3. The van der Waals surface area contributed by atoms with Crippen molar-refractivity contribution in [3.63, 3.8) is 0 Å². The van der Waals surface area contributed by atoms with Crippen LogP contribution < -0.4 is 19.3 Å². The number of ether oxygens (including phenoxy) is 2. The number of aryl methyl sites for hydroxylation is 6. The lowest BCUT2D eigenvalue weighted by molar-refractivity contribution is 0.355. The summed E-state index contributed by atoms with van der Waals surface area (Å²) in [5, 5.41) is 0. The molecule has 0 spiro atoms. The molecule has 0 fully saturated rings. The first-order chi connectivity index (χ1) is 31.1. The molecular formula is C60H56N2O2. The molecule has 0 aromatic heterocycles. The molecule has 0 radical (unpaired) electrons. The van der Waals surface area contributed by atoms with Gasteiger partial charge in [-0.3, -0.25) is 0 Å². The number of hydrogen-bond acceptors (Lipinski definition) is 4. The molecule has 0 atom stereocenters. The van der Waals surface area contributed by atoms with Crippen molar-refractivity contribution in [3.8, 4) is 22.6 Å². The Bertz CT molecular complexity index is 2940. The van der Waals surface area contributed by atoms with Gasteiger partial charge in [0.1, 0.15) is 0 Å². The Hall–Kier alpha value is -7.56. The Balaban J connectivity index is 1.06. The summed E-state index contributed by atoms with van der Waals surface area (Å²) in [7, 11) is 3.31. The molecule has 0 aliphatic carbocycles. The van der Waals surface area contributed by atoms with Crippen LogP contribution in [-0.4, -0.2) is 14.2 Å². The molecular weight excluding hydrogens is 781 g/mol. The zero-order chi connectivity index (χ0) is 44.7. The summed E-state index contributed by atoms with van der Waals surface area (Å²) in [5.74, 6) is 1.43. The van der Waals surface area contributed by atoms with E-state index in [2.05, 4.69) is 227 Å². The second-order valence-corrected chi connectivity index (χ2v) is 16.7. The molecule has 0 amide bonds. The van der Waals surface area contributed by atoms with Gasteiger partial charge in [0.15, 0.2) is 11.5 Å². The lowest BCUT2D eigenvalue weighted by Crippen LogP contribution is -2.11. The van der Waals surface area contributed by atoms with Gasteiger partial charge >= 0.3 is 0 Å². The predicted octanol–water partition coefficient (Wildman–Crippen LogP) is 16.5. The minimum atomic E-state index is 0.710. The Morgan fingerprint density at radius 1 is 0.312 bits per heavy atom. The predicted molar refractivity (Wildman–Crippen MR) is 274 cm³/mol. The van der Waals surface area contributed by atoms with E-state index >= 15 is 0 Å². The molecule has 0 saturated carbocycles. The average Bonchev–Trinajstić information content (AvgIpc) is 3.31. The summed E-state index contributed by atoms with van der Waals surface area (Å²) in [5.41, 5.74) is 21.1. The van der Waals surface area contributed by atoms with Gasteiger partial charge in [0.25, 0.3) is 0 Å². The van der Waals surface area contributed by atoms with Crippen LogP contribution in [0.15, 0.2) is 170 Å². The van der Waals surface area contributed by atoms with Gasteiger partial charge in [0.2, 0.25) is 0 Å². The van der Waals surface area contributed by atoms with Gasteiger partial charge in [-0.25, -0.2) is 0 Å². The number of hydrogen-bond donors (Lipinski definition) is 0. The Morgan fingerprint density at radius 3 is 1.09 bits per heavy atom. The van der Waals surface area contributed by atoms with E-state index in [-0.39, 0.29) is 0 Å². The standard InChI is InChI=1S/C60H56N2O2/c1-41-9-34-57(45(5)37-41)61(53-26-17-47(18-27-53)13-15-49-12-11-43(3)44(4)39-49)55-30-22-51(23-31-55)52-24-32-56(33-25-52)62(58-35-10-42(2)38-46(58)6)54-28-19-48(20-29-54)14-16-50-21-36-59(63-7)60(40-50)64-8/h9-40H,1-8H3/b15-13+,16-14+. The lowest BCUT2D eigenvalue weighted by atomic mass is 10.0. The highest BCUT2D eigenvalue weighted by Gasteiger charge is 2.17. The first kappa shape index (κ1) is 43.1. The number of nitrogens with zero attached hydrogens (tertiary/aromatic N) is 2. The van der Waals surface area contributed by atoms with Crippen molar-refractivity contribution in [3.05, 3.63) is 225 Å². The van der Waals surface area contributed by atoms with Crippen LogP contribution in [0.5, 0.6) is 11.5 Å². The summed E-state index contributed by atoms with van der Waals surface area (Å²) < 4.78 is 10.9. The second-order valence-electron chi connectivity index (χ2n) is 16.7. The Kier molecular flexibility index (Phi) is 12.9. The zero-order valence-corrected chi connectivity index (χ0v) is 38.2. The van der Waals surface area contributed by atoms with Gasteiger partial charge in [0.05, 0.1) is 14.2 Å². The van der Waals surface area contributed by atoms with Crippen LogP contribution in [0.2, 0.25) is 0 Å². The highest BCUT2D eigenvalue weighted by atomic mass is 16.5. The normalized spacial score (nSPS) is 11.3. The number of methoxy groups -OCH3 is 2. The molecule has 0 aliphatic heterocycles. The van der Waals surface area contributed by atoms with Gasteiger partial charge < -0.3 is 19.3 Å². The van der Waals surface area contributed by atoms with Gasteiger partial charge in [0, 0.05) is 34.1 Å². The summed E-state index contributed by atoms with van der Waals surface area (Å²) in [4.78, 5) is 4.70. The maximum atomic E-state index is 5.51. The monoisotopic (exact) mass is 836 g/mol. The number of benzene rings is 8. The average molecular weight is 837 g/mol. The van der Waals surface area contributed by atoms with Crippen molar-refractivity contribution in [2.75, 3.05) is 24.0 Å². The Morgan fingerprint density at radius 2 is 0.688 bits per heavy atom. The van der Waals surface area contributed by atoms with Gasteiger partial charge in [-0.1, -0.05) is 132 Å². The minimum absolute atomic E-state index is 0.710. The van der Waals surface area contributed by atoms with Crippen LogP contribution in [0.25, 0.3) is 35.4 Å². The topological polar surface area (TPSA) is 24.9 Å². The molecule has 0 bridgehead atoms. The van der Waals surface area contributed by atoms with Crippen LogP contribution in [0.3, 0.4) is 0 Å². The fraction of sp³-hybridized carbons (Fsp3) is 0.133. The fourth-order valence-electron chi connectivity index (χ4n) is 8.25. The van der Waals surface area contributed by atoms with Crippen LogP contribution in [-0.2, 0) is 0 Å². The quantitative estimate of drug-likeness (QED) is 0.108. The molecule has 318 valence electrons. The van der Waals surface area contributed by atoms with Crippen molar-refractivity contribution in [2.24, 2.45) is 0 Å². The number of anilines is 6. The minimum Gasteiger partial charge on any atom is -0.493 e. The molecule has 0 N–H and O–H groups in total. The third kappa shape index (κ3) is 9.72. The second kappa shape index (κ2) is 19.2. The zero-order valence-electron chi connectivity index (χ0n) is 38.2. The van der Waals surface area contributed by atoms with E-state index < -0.39 is 0 Å². The summed E-state index contributed by atoms with van der Waals surface area (Å²) >= 11 is 0. The van der Waals surface area contributed by atoms with E-state index in [1.807, 2.05) is 18.2 Å². The third-order valence-electron chi connectivity index (χ3n) is 11.9. The van der Waals surface area contributed by atoms with Gasteiger partial charge in [-0.2, -0.15) is 0 Å². The molecule has 0 saturated heterocycles. The highest BCUT2D eigenvalue weighted by molar-refractivity contribution is 5.83. The molecule has 0 aliphatic rings. The molecule has 4 nitrogen and oxygen atoms in total. The number of rotatable bonds is 13. The highest BCUT2D eigenvalue weighted by Crippen LogP contribution is 2.40. The van der Waals surface area contributed by atoms with E-state index in [0.717, 1.165) is 61.9 Å². The van der Waals surface area contributed by atoms with Crippen molar-refractivity contribution >= 4 is 58.4 Å². The first-order valence-electron chi connectivity index (χ1n) is 21.9. The molecule has 0 unspecified atom stereocenters. The largest absolute Gasteiger partial charge is 0.493 e. The maximum absolute atomic E-state index is 5.51. The lowest BCUT2D eigenvalue weighted by Gasteiger charge is -2.28. The van der Waals surface area contributed by atoms with E-state index in [4.69, 9.17) is 9.47 Å². The van der Waals surface area contributed by atoms with Crippen LogP contribution in [0.1, 0.15) is 55.6 Å². The first-order valence-corrected chi connectivity index (χ1v) is 21.9. The van der Waals surface area contributed by atoms with Gasteiger partial charge in [-0.05, 0) is 170 Å². The Labute approximate surface area is 380 Å². The van der Waals surface area contributed by atoms with Crippen LogP contribution >= 0.6 is 0 Å². The molecule has 0 heterocycles. The third-order valence-corrected chi connectivity index (χ3v) is 11.9. The molecule has 8 aromatic rings. The van der Waals surface area contributed by atoms with Crippen LogP contribution in [0, 0.1) is 41.5 Å². The van der Waals surface area contributed by atoms with E-state index in [0.29, 0.717) is 11.5 Å². The SMILES string of the molecule is COc1ccc(/C=C/c2ccc(N(c3ccc(-c4ccc(N(c5ccc(/C=C/c6ccc(C)c(C)c6)cc5)c5ccc(C)cc5C)cc4)cc3)c3ccc(C)cc3C)cc2)cc1OC. The van der Waals surface area contributed by atoms with E-state index in [1.54, 1.807) is 14.2 Å². The van der Waals surface area contributed by atoms with E-state index in [9.17, 15) is 0 Å². The molecule has 8 aromatic carbocycles. The van der Waals surface area contributed by atoms with Crippen molar-refractivity contribution in [1.29, 1.82) is 0 Å². The fourth-order valence-corrected chi connectivity index (χ4v) is 8.25. The molecule has 4 heteroatoms. The van der Waals surface area contributed by atoms with Crippen molar-refractivity contribution < 1.29 is 9.47 Å². The maximum Gasteiger partial charge on any atom is 0.161 e. The van der Waals surface area contributed by atoms with Crippen LogP contribution in [0.4, 0.5) is 34.1 Å². The van der Waals surface area contributed by atoms with Crippen molar-refractivity contribution in [1.82, 2.24) is 0 Å². The molecule has 64 heavy (non-hydrogen) atoms. The summed E-state index contributed by atoms with van der Waals surface area (Å²) in [6.45, 7) is 13.0. The van der Waals surface area contributed by atoms with Gasteiger partial charge in [-0.15, -0.1) is 0 Å². The molecule has 8 rings (SSSR count). The van der Waals surface area contributed by atoms with Crippen molar-refractivity contribution in [2.45, 2.75) is 41.5 Å². The summed E-state index contributed by atoms with van der Waals surface area (Å²) in [6.07, 6.45) is 8.59. The smallest absolute Gasteiger partial charge is 0.161 e. The van der Waals surface area contributed by atoms with E-state index in [1.165, 1.54) is 38.9 Å².